The number of carbonyl (C=O) groups excluding carboxylic acids is 1. The van der Waals surface area contributed by atoms with E-state index in [4.69, 9.17) is 0 Å². The summed E-state index contributed by atoms with van der Waals surface area (Å²) in [6.45, 7) is 9.52. The fourth-order valence-corrected chi connectivity index (χ4v) is 4.32. The first-order valence-corrected chi connectivity index (χ1v) is 10.7. The molecule has 5 nitrogen and oxygen atoms in total. The Morgan fingerprint density at radius 3 is 2.33 bits per heavy atom. The van der Waals surface area contributed by atoms with E-state index in [-0.39, 0.29) is 6.03 Å². The van der Waals surface area contributed by atoms with Crippen LogP contribution in [0.25, 0.3) is 0 Å². The van der Waals surface area contributed by atoms with E-state index in [1.165, 1.54) is 30.4 Å². The van der Waals surface area contributed by atoms with E-state index < -0.39 is 0 Å². The van der Waals surface area contributed by atoms with Gasteiger partial charge in [-0.15, -0.1) is 0 Å². The number of nitrogens with one attached hydrogen (secondary N) is 1. The highest BCUT2D eigenvalue weighted by Crippen LogP contribution is 2.21. The summed E-state index contributed by atoms with van der Waals surface area (Å²) in [5.74, 6) is 0. The quantitative estimate of drug-likeness (QED) is 0.833. The van der Waals surface area contributed by atoms with Crippen molar-refractivity contribution in [2.24, 2.45) is 0 Å². The maximum atomic E-state index is 12.6. The third-order valence-electron chi connectivity index (χ3n) is 6.30. The minimum Gasteiger partial charge on any atom is -0.334 e. The van der Waals surface area contributed by atoms with Crippen LogP contribution in [0.2, 0.25) is 0 Å². The maximum Gasteiger partial charge on any atom is 0.317 e. The molecule has 1 aromatic carbocycles. The molecule has 2 aliphatic rings. The average Bonchev–Trinajstić information content (AvgIpc) is 2.73. The van der Waals surface area contributed by atoms with Gasteiger partial charge in [-0.1, -0.05) is 50.5 Å². The molecule has 5 heteroatoms. The second-order valence-corrected chi connectivity index (χ2v) is 8.04. The van der Waals surface area contributed by atoms with E-state index in [2.05, 4.69) is 46.3 Å². The number of rotatable bonds is 6. The van der Waals surface area contributed by atoms with Crippen molar-refractivity contribution < 1.29 is 4.79 Å². The summed E-state index contributed by atoms with van der Waals surface area (Å²) in [5, 5.41) is 3.15. The van der Waals surface area contributed by atoms with Crippen molar-refractivity contribution in [1.29, 1.82) is 0 Å². The molecule has 0 radical (unpaired) electrons. The van der Waals surface area contributed by atoms with Crippen LogP contribution in [0.15, 0.2) is 24.3 Å². The Morgan fingerprint density at radius 2 is 1.67 bits per heavy atom. The van der Waals surface area contributed by atoms with Crippen LogP contribution in [-0.2, 0) is 13.1 Å². The first-order chi connectivity index (χ1) is 13.2. The lowest BCUT2D eigenvalue weighted by Crippen LogP contribution is -2.46. The second kappa shape index (κ2) is 10.1. The Labute approximate surface area is 164 Å². The van der Waals surface area contributed by atoms with Crippen LogP contribution in [0, 0.1) is 0 Å². The molecule has 3 rings (SSSR count). The Bertz CT molecular complexity index is 592. The molecule has 1 N–H and O–H groups in total. The van der Waals surface area contributed by atoms with Crippen molar-refractivity contribution in [2.75, 3.05) is 39.8 Å². The highest BCUT2D eigenvalue weighted by molar-refractivity contribution is 5.74. The molecule has 0 spiro atoms. The molecule has 1 aliphatic heterocycles. The van der Waals surface area contributed by atoms with Crippen LogP contribution in [0.3, 0.4) is 0 Å². The van der Waals surface area contributed by atoms with Gasteiger partial charge in [0.2, 0.25) is 0 Å². The molecular weight excluding hydrogens is 336 g/mol. The van der Waals surface area contributed by atoms with Gasteiger partial charge in [0.15, 0.2) is 0 Å². The highest BCUT2D eigenvalue weighted by Gasteiger charge is 2.22. The largest absolute Gasteiger partial charge is 0.334 e. The summed E-state index contributed by atoms with van der Waals surface area (Å²) < 4.78 is 0. The first kappa shape index (κ1) is 20.2. The molecule has 1 aromatic rings. The lowest BCUT2D eigenvalue weighted by atomic mass is 9.95. The monoisotopic (exact) mass is 372 g/mol. The molecule has 0 aromatic heterocycles. The van der Waals surface area contributed by atoms with Gasteiger partial charge in [-0.05, 0) is 30.5 Å². The van der Waals surface area contributed by atoms with Crippen molar-refractivity contribution in [1.82, 2.24) is 20.0 Å². The van der Waals surface area contributed by atoms with Crippen LogP contribution in [-0.4, -0.2) is 66.5 Å². The fraction of sp³-hybridized carbons (Fsp3) is 0.682. The zero-order valence-corrected chi connectivity index (χ0v) is 17.1. The number of likely N-dealkylation sites (N-methyl/N-ethyl adjacent to an activating group) is 1. The minimum absolute atomic E-state index is 0.0632. The van der Waals surface area contributed by atoms with E-state index in [1.807, 2.05) is 11.9 Å². The highest BCUT2D eigenvalue weighted by atomic mass is 16.2. The van der Waals surface area contributed by atoms with Crippen LogP contribution in [0.4, 0.5) is 4.79 Å². The van der Waals surface area contributed by atoms with Gasteiger partial charge in [0.25, 0.3) is 0 Å². The van der Waals surface area contributed by atoms with Gasteiger partial charge in [-0.3, -0.25) is 4.90 Å². The number of amides is 2. The molecule has 1 aliphatic carbocycles. The lowest BCUT2D eigenvalue weighted by Gasteiger charge is -2.34. The Morgan fingerprint density at radius 1 is 1.04 bits per heavy atom. The predicted molar refractivity (Wildman–Crippen MR) is 111 cm³/mol. The molecular formula is C22H36N4O. The molecule has 2 amide bonds. The smallest absolute Gasteiger partial charge is 0.317 e. The molecule has 0 atom stereocenters. The predicted octanol–water partition coefficient (Wildman–Crippen LogP) is 3.30. The number of hydrogen-bond acceptors (Lipinski definition) is 3. The molecule has 2 fully saturated rings. The zero-order valence-electron chi connectivity index (χ0n) is 17.1. The molecule has 150 valence electrons. The van der Waals surface area contributed by atoms with E-state index in [0.29, 0.717) is 12.6 Å². The normalized spacial score (nSPS) is 19.8. The number of nitrogens with zero attached hydrogens (tertiary/aromatic N) is 3. The summed E-state index contributed by atoms with van der Waals surface area (Å²) in [6, 6.07) is 9.01. The van der Waals surface area contributed by atoms with E-state index in [1.54, 1.807) is 0 Å². The Balaban J connectivity index is 1.52. The molecule has 1 heterocycles. The van der Waals surface area contributed by atoms with Crippen molar-refractivity contribution in [3.63, 3.8) is 0 Å². The molecule has 1 saturated carbocycles. The molecule has 27 heavy (non-hydrogen) atoms. The average molecular weight is 373 g/mol. The van der Waals surface area contributed by atoms with Crippen molar-refractivity contribution in [3.05, 3.63) is 35.4 Å². The van der Waals surface area contributed by atoms with E-state index in [0.717, 1.165) is 52.1 Å². The van der Waals surface area contributed by atoms with Gasteiger partial charge >= 0.3 is 6.03 Å². The minimum atomic E-state index is 0.0632. The number of benzene rings is 1. The maximum absolute atomic E-state index is 12.6. The summed E-state index contributed by atoms with van der Waals surface area (Å²) in [7, 11) is 1.95. The number of hydrogen-bond donors (Lipinski definition) is 1. The fourth-order valence-electron chi connectivity index (χ4n) is 4.32. The van der Waals surface area contributed by atoms with Crippen molar-refractivity contribution >= 4 is 6.03 Å². The van der Waals surface area contributed by atoms with Crippen molar-refractivity contribution in [2.45, 2.75) is 58.2 Å². The number of carbonyl (C=O) groups is 1. The lowest BCUT2D eigenvalue weighted by molar-refractivity contribution is 0.131. The molecule has 0 bridgehead atoms. The SMILES string of the molecule is CCN1CCN(Cc2ccccc2CNC(=O)N(C)C2CCCCC2)CC1. The summed E-state index contributed by atoms with van der Waals surface area (Å²) in [6.07, 6.45) is 6.09. The van der Waals surface area contributed by atoms with Crippen molar-refractivity contribution in [3.8, 4) is 0 Å². The van der Waals surface area contributed by atoms with E-state index in [9.17, 15) is 4.79 Å². The van der Waals surface area contributed by atoms with Gasteiger partial charge < -0.3 is 15.1 Å². The number of urea groups is 1. The zero-order chi connectivity index (χ0) is 19.1. The summed E-state index contributed by atoms with van der Waals surface area (Å²) >= 11 is 0. The van der Waals surface area contributed by atoms with E-state index >= 15 is 0 Å². The second-order valence-electron chi connectivity index (χ2n) is 8.04. The summed E-state index contributed by atoms with van der Waals surface area (Å²) in [5.41, 5.74) is 2.57. The first-order valence-electron chi connectivity index (χ1n) is 10.7. The van der Waals surface area contributed by atoms with Gasteiger partial charge in [0.05, 0.1) is 0 Å². The Hall–Kier alpha value is -1.59. The summed E-state index contributed by atoms with van der Waals surface area (Å²) in [4.78, 5) is 19.5. The van der Waals surface area contributed by atoms with Crippen LogP contribution in [0.1, 0.15) is 50.2 Å². The Kier molecular flexibility index (Phi) is 7.53. The third kappa shape index (κ3) is 5.69. The van der Waals surface area contributed by atoms with Gasteiger partial charge in [0.1, 0.15) is 0 Å². The van der Waals surface area contributed by atoms with Gasteiger partial charge in [-0.25, -0.2) is 4.79 Å². The molecule has 1 saturated heterocycles. The van der Waals surface area contributed by atoms with Crippen LogP contribution >= 0.6 is 0 Å². The third-order valence-corrected chi connectivity index (χ3v) is 6.30. The van der Waals surface area contributed by atoms with Gasteiger partial charge in [-0.2, -0.15) is 0 Å². The van der Waals surface area contributed by atoms with Crippen LogP contribution in [0.5, 0.6) is 0 Å². The topological polar surface area (TPSA) is 38.8 Å². The van der Waals surface area contributed by atoms with Gasteiger partial charge in [0, 0.05) is 52.4 Å². The molecule has 0 unspecified atom stereocenters. The standard InChI is InChI=1S/C22H36N4O/c1-3-25-13-15-26(16-14-25)18-20-10-8-7-9-19(20)17-23-22(27)24(2)21-11-5-4-6-12-21/h7-10,21H,3-6,11-18H2,1-2H3,(H,23,27). The van der Waals surface area contributed by atoms with Crippen LogP contribution < -0.4 is 5.32 Å². The number of piperazine rings is 1.